The molecular formula is C24H26N6. The molecule has 0 radical (unpaired) electrons. The molecule has 2 heterocycles. The van der Waals surface area contributed by atoms with Crippen molar-refractivity contribution in [2.45, 2.75) is 18.9 Å². The molecule has 6 nitrogen and oxygen atoms in total. The maximum atomic E-state index is 4.38. The van der Waals surface area contributed by atoms with E-state index in [2.05, 4.69) is 86.5 Å². The number of guanidine groups is 1. The molecule has 0 bridgehead atoms. The van der Waals surface area contributed by atoms with E-state index in [9.17, 15) is 0 Å². The van der Waals surface area contributed by atoms with Gasteiger partial charge in [-0.25, -0.2) is 0 Å². The Hall–Kier alpha value is -3.67. The maximum Gasteiger partial charge on any atom is 0.191 e. The van der Waals surface area contributed by atoms with E-state index in [-0.39, 0.29) is 0 Å². The van der Waals surface area contributed by atoms with Crippen LogP contribution in [-0.4, -0.2) is 34.2 Å². The first-order chi connectivity index (χ1) is 14.8. The van der Waals surface area contributed by atoms with Crippen molar-refractivity contribution >= 4 is 11.6 Å². The lowest BCUT2D eigenvalue weighted by molar-refractivity contribution is 0.642. The largest absolute Gasteiger partial charge is 0.356 e. The summed E-state index contributed by atoms with van der Waals surface area (Å²) < 4.78 is 1.97. The second-order valence-electron chi connectivity index (χ2n) is 7.15. The number of nitrogens with one attached hydrogen (secondary N) is 2. The van der Waals surface area contributed by atoms with E-state index >= 15 is 0 Å². The number of hydrogen-bond acceptors (Lipinski definition) is 3. The van der Waals surface area contributed by atoms with E-state index in [4.69, 9.17) is 0 Å². The van der Waals surface area contributed by atoms with Crippen LogP contribution in [0.5, 0.6) is 0 Å². The quantitative estimate of drug-likeness (QED) is 0.370. The Balaban J connectivity index is 1.41. The molecule has 1 unspecified atom stereocenters. The van der Waals surface area contributed by atoms with Crippen LogP contribution in [0.3, 0.4) is 0 Å². The lowest BCUT2D eigenvalue weighted by Crippen LogP contribution is -2.39. The fourth-order valence-corrected chi connectivity index (χ4v) is 3.55. The van der Waals surface area contributed by atoms with E-state index in [0.29, 0.717) is 12.5 Å². The second-order valence-corrected chi connectivity index (χ2v) is 7.15. The smallest absolute Gasteiger partial charge is 0.191 e. The predicted octanol–water partition coefficient (Wildman–Crippen LogP) is 3.42. The third-order valence-corrected chi connectivity index (χ3v) is 5.13. The molecule has 4 rings (SSSR count). The van der Waals surface area contributed by atoms with E-state index in [1.54, 1.807) is 7.05 Å². The predicted molar refractivity (Wildman–Crippen MR) is 121 cm³/mol. The van der Waals surface area contributed by atoms with Crippen molar-refractivity contribution in [1.82, 2.24) is 25.2 Å². The Labute approximate surface area is 176 Å². The van der Waals surface area contributed by atoms with Crippen molar-refractivity contribution < 1.29 is 0 Å². The van der Waals surface area contributed by atoms with Crippen LogP contribution in [0.2, 0.25) is 0 Å². The lowest BCUT2D eigenvalue weighted by Gasteiger charge is -2.20. The normalized spacial score (nSPS) is 12.6. The molecule has 1 atom stereocenters. The van der Waals surface area contributed by atoms with Gasteiger partial charge in [-0.3, -0.25) is 9.39 Å². The summed E-state index contributed by atoms with van der Waals surface area (Å²) in [6.45, 7) is 1.32. The Morgan fingerprint density at radius 1 is 0.900 bits per heavy atom. The maximum absolute atomic E-state index is 4.38. The molecule has 4 aromatic rings. The van der Waals surface area contributed by atoms with Crippen LogP contribution in [0.25, 0.3) is 5.65 Å². The highest BCUT2D eigenvalue weighted by Gasteiger charge is 2.13. The molecule has 2 aromatic carbocycles. The third kappa shape index (κ3) is 4.84. The van der Waals surface area contributed by atoms with Crippen molar-refractivity contribution in [3.8, 4) is 0 Å². The zero-order chi connectivity index (χ0) is 20.6. The van der Waals surface area contributed by atoms with Crippen LogP contribution >= 0.6 is 0 Å². The second kappa shape index (κ2) is 9.69. The van der Waals surface area contributed by atoms with E-state index in [1.807, 2.05) is 28.8 Å². The average molecular weight is 399 g/mol. The van der Waals surface area contributed by atoms with Crippen LogP contribution in [-0.2, 0) is 13.0 Å². The highest BCUT2D eigenvalue weighted by atomic mass is 15.3. The minimum absolute atomic E-state index is 0.334. The molecule has 152 valence electrons. The molecular weight excluding hydrogens is 372 g/mol. The van der Waals surface area contributed by atoms with Gasteiger partial charge in [0.15, 0.2) is 17.4 Å². The summed E-state index contributed by atoms with van der Waals surface area (Å²) in [5.41, 5.74) is 3.48. The molecule has 6 heteroatoms. The Kier molecular flexibility index (Phi) is 6.35. The lowest BCUT2D eigenvalue weighted by atomic mass is 9.92. The van der Waals surface area contributed by atoms with Gasteiger partial charge in [0.25, 0.3) is 0 Å². The molecule has 0 aliphatic carbocycles. The summed E-state index contributed by atoms with van der Waals surface area (Å²) in [6.07, 6.45) is 2.93. The van der Waals surface area contributed by atoms with Gasteiger partial charge in [0.2, 0.25) is 0 Å². The average Bonchev–Trinajstić information content (AvgIpc) is 3.23. The summed E-state index contributed by atoms with van der Waals surface area (Å²) in [5.74, 6) is 1.93. The van der Waals surface area contributed by atoms with Gasteiger partial charge in [0.05, 0.1) is 6.54 Å². The molecule has 0 aliphatic rings. The van der Waals surface area contributed by atoms with Crippen LogP contribution in [0, 0.1) is 0 Å². The number of nitrogens with zero attached hydrogens (tertiary/aromatic N) is 4. The van der Waals surface area contributed by atoms with Crippen LogP contribution in [0.4, 0.5) is 0 Å². The van der Waals surface area contributed by atoms with E-state index in [1.165, 1.54) is 11.1 Å². The number of benzene rings is 2. The van der Waals surface area contributed by atoms with Crippen molar-refractivity contribution in [1.29, 1.82) is 0 Å². The number of hydrogen-bond donors (Lipinski definition) is 2. The first kappa shape index (κ1) is 19.6. The molecule has 0 aliphatic heterocycles. The molecule has 0 saturated carbocycles. The standard InChI is InChI=1S/C24H26N6/c1-25-24(27-18-23-29-28-22-14-8-9-15-30(22)23)26-17-21(20-12-6-3-7-13-20)16-19-10-4-2-5-11-19/h2-15,21H,16-18H2,1H3,(H2,25,26,27). The summed E-state index contributed by atoms with van der Waals surface area (Å²) in [5, 5.41) is 15.3. The van der Waals surface area contributed by atoms with Gasteiger partial charge >= 0.3 is 0 Å². The summed E-state index contributed by atoms with van der Waals surface area (Å²) >= 11 is 0. The fraction of sp³-hybridized carbons (Fsp3) is 0.208. The van der Waals surface area contributed by atoms with Gasteiger partial charge in [0, 0.05) is 25.7 Å². The zero-order valence-corrected chi connectivity index (χ0v) is 17.1. The number of rotatable bonds is 7. The summed E-state index contributed by atoms with van der Waals surface area (Å²) in [4.78, 5) is 4.38. The molecule has 2 N–H and O–H groups in total. The minimum atomic E-state index is 0.334. The van der Waals surface area contributed by atoms with Gasteiger partial charge in [-0.05, 0) is 29.7 Å². The monoisotopic (exact) mass is 398 g/mol. The van der Waals surface area contributed by atoms with Gasteiger partial charge < -0.3 is 10.6 Å². The Bertz CT molecular complexity index is 1090. The number of aromatic nitrogens is 3. The molecule has 0 amide bonds. The SMILES string of the molecule is CN=C(NCc1nnc2ccccn12)NCC(Cc1ccccc1)c1ccccc1. The van der Waals surface area contributed by atoms with Gasteiger partial charge in [0.1, 0.15) is 0 Å². The number of fused-ring (bicyclic) bond motifs is 1. The fourth-order valence-electron chi connectivity index (χ4n) is 3.55. The highest BCUT2D eigenvalue weighted by molar-refractivity contribution is 5.79. The minimum Gasteiger partial charge on any atom is -0.356 e. The molecule has 30 heavy (non-hydrogen) atoms. The molecule has 2 aromatic heterocycles. The Morgan fingerprint density at radius 2 is 1.63 bits per heavy atom. The van der Waals surface area contributed by atoms with Crippen molar-refractivity contribution in [2.24, 2.45) is 4.99 Å². The first-order valence-corrected chi connectivity index (χ1v) is 10.2. The van der Waals surface area contributed by atoms with Crippen molar-refractivity contribution in [3.63, 3.8) is 0 Å². The molecule has 0 saturated heterocycles. The highest BCUT2D eigenvalue weighted by Crippen LogP contribution is 2.20. The van der Waals surface area contributed by atoms with Crippen molar-refractivity contribution in [3.05, 3.63) is 102 Å². The zero-order valence-electron chi connectivity index (χ0n) is 17.1. The van der Waals surface area contributed by atoms with Gasteiger partial charge in [-0.15, -0.1) is 10.2 Å². The van der Waals surface area contributed by atoms with Crippen LogP contribution in [0.15, 0.2) is 90.1 Å². The summed E-state index contributed by atoms with van der Waals surface area (Å²) in [6, 6.07) is 27.1. The topological polar surface area (TPSA) is 66.6 Å². The first-order valence-electron chi connectivity index (χ1n) is 10.2. The number of pyridine rings is 1. The van der Waals surface area contributed by atoms with E-state index in [0.717, 1.165) is 30.4 Å². The van der Waals surface area contributed by atoms with E-state index < -0.39 is 0 Å². The third-order valence-electron chi connectivity index (χ3n) is 5.13. The Morgan fingerprint density at radius 3 is 2.40 bits per heavy atom. The van der Waals surface area contributed by atoms with Gasteiger partial charge in [-0.2, -0.15) is 0 Å². The van der Waals surface area contributed by atoms with Gasteiger partial charge in [-0.1, -0.05) is 66.7 Å². The van der Waals surface area contributed by atoms with Crippen molar-refractivity contribution in [2.75, 3.05) is 13.6 Å². The van der Waals surface area contributed by atoms with Crippen LogP contribution < -0.4 is 10.6 Å². The van der Waals surface area contributed by atoms with Crippen LogP contribution in [0.1, 0.15) is 22.9 Å². The number of aliphatic imine (C=N–C) groups is 1. The molecule has 0 fully saturated rings. The molecule has 0 spiro atoms. The summed E-state index contributed by atoms with van der Waals surface area (Å²) in [7, 11) is 1.78.